The number of ether oxygens (including phenoxy) is 1. The van der Waals surface area contributed by atoms with Crippen LogP contribution in [0.15, 0.2) is 24.3 Å². The molecule has 1 atom stereocenters. The molecule has 3 nitrogen and oxygen atoms in total. The van der Waals surface area contributed by atoms with Crippen molar-refractivity contribution < 1.29 is 4.74 Å². The number of nitrogens with zero attached hydrogens (tertiary/aromatic N) is 2. The highest BCUT2D eigenvalue weighted by Crippen LogP contribution is 2.24. The van der Waals surface area contributed by atoms with E-state index in [2.05, 4.69) is 42.7 Å². The second-order valence-corrected chi connectivity index (χ2v) is 4.97. The van der Waals surface area contributed by atoms with E-state index >= 15 is 0 Å². The summed E-state index contributed by atoms with van der Waals surface area (Å²) in [4.78, 5) is 4.80. The van der Waals surface area contributed by atoms with Crippen LogP contribution in [0, 0.1) is 0 Å². The van der Waals surface area contributed by atoms with Crippen molar-refractivity contribution in [2.24, 2.45) is 0 Å². The highest BCUT2D eigenvalue weighted by atomic mass is 16.5. The van der Waals surface area contributed by atoms with Gasteiger partial charge in [-0.2, -0.15) is 0 Å². The molecule has 3 heteroatoms. The van der Waals surface area contributed by atoms with Crippen LogP contribution in [0.2, 0.25) is 0 Å². The Morgan fingerprint density at radius 2 is 2.05 bits per heavy atom. The number of hydrogen-bond donors (Lipinski definition) is 0. The summed E-state index contributed by atoms with van der Waals surface area (Å²) in [6, 6.07) is 8.40. The molecule has 0 saturated heterocycles. The van der Waals surface area contributed by atoms with Crippen molar-refractivity contribution in [2.45, 2.75) is 46.1 Å². The van der Waals surface area contributed by atoms with Gasteiger partial charge in [-0.3, -0.25) is 0 Å². The zero-order chi connectivity index (χ0) is 13.7. The average Bonchev–Trinajstić information content (AvgIpc) is 2.81. The third-order valence-electron chi connectivity index (χ3n) is 3.61. The third kappa shape index (κ3) is 3.16. The lowest BCUT2D eigenvalue weighted by atomic mass is 10.1. The maximum Gasteiger partial charge on any atom is 0.112 e. The Labute approximate surface area is 115 Å². The van der Waals surface area contributed by atoms with E-state index in [0.29, 0.717) is 5.92 Å². The molecule has 0 aliphatic carbocycles. The van der Waals surface area contributed by atoms with Crippen LogP contribution < -0.4 is 0 Å². The molecule has 0 N–H and O–H groups in total. The smallest absolute Gasteiger partial charge is 0.112 e. The van der Waals surface area contributed by atoms with E-state index < -0.39 is 0 Å². The molecule has 19 heavy (non-hydrogen) atoms. The molecule has 1 unspecified atom stereocenters. The standard InChI is InChI=1S/C16H24N2O/c1-4-13(3)16-17-14-9-6-7-10-15(14)18(16)11-8-12-19-5-2/h6-7,9-10,13H,4-5,8,11-12H2,1-3H3. The molecule has 0 aliphatic rings. The average molecular weight is 260 g/mol. The first-order valence-electron chi connectivity index (χ1n) is 7.30. The molecular formula is C16H24N2O. The Morgan fingerprint density at radius 1 is 1.26 bits per heavy atom. The summed E-state index contributed by atoms with van der Waals surface area (Å²) in [6.45, 7) is 9.11. The molecule has 2 aromatic rings. The number of benzene rings is 1. The molecule has 1 aromatic heterocycles. The number of aromatic nitrogens is 2. The van der Waals surface area contributed by atoms with Crippen molar-refractivity contribution in [2.75, 3.05) is 13.2 Å². The van der Waals surface area contributed by atoms with Gasteiger partial charge in [0.05, 0.1) is 11.0 Å². The minimum absolute atomic E-state index is 0.500. The van der Waals surface area contributed by atoms with Gasteiger partial charge in [0.15, 0.2) is 0 Å². The lowest BCUT2D eigenvalue weighted by Crippen LogP contribution is -2.09. The van der Waals surface area contributed by atoms with Crippen molar-refractivity contribution in [3.05, 3.63) is 30.1 Å². The fourth-order valence-corrected chi connectivity index (χ4v) is 2.36. The summed E-state index contributed by atoms with van der Waals surface area (Å²) < 4.78 is 7.80. The molecule has 0 fully saturated rings. The SMILES string of the molecule is CCOCCCn1c(C(C)CC)nc2ccccc21. The van der Waals surface area contributed by atoms with Crippen LogP contribution in [0.4, 0.5) is 0 Å². The molecule has 0 spiro atoms. The van der Waals surface area contributed by atoms with E-state index in [1.165, 1.54) is 11.3 Å². The Bertz CT molecular complexity index is 518. The molecule has 1 heterocycles. The van der Waals surface area contributed by atoms with Crippen LogP contribution in [0.25, 0.3) is 11.0 Å². The molecule has 2 rings (SSSR count). The summed E-state index contributed by atoms with van der Waals surface area (Å²) in [5.74, 6) is 1.71. The van der Waals surface area contributed by atoms with Crippen LogP contribution in [0.5, 0.6) is 0 Å². The number of aryl methyl sites for hydroxylation is 1. The maximum atomic E-state index is 5.44. The van der Waals surface area contributed by atoms with Gasteiger partial charge < -0.3 is 9.30 Å². The van der Waals surface area contributed by atoms with Gasteiger partial charge in [-0.25, -0.2) is 4.98 Å². The summed E-state index contributed by atoms with van der Waals surface area (Å²) >= 11 is 0. The van der Waals surface area contributed by atoms with Crippen LogP contribution in [0.1, 0.15) is 45.4 Å². The fraction of sp³-hybridized carbons (Fsp3) is 0.562. The van der Waals surface area contributed by atoms with E-state index in [4.69, 9.17) is 9.72 Å². The number of hydrogen-bond acceptors (Lipinski definition) is 2. The van der Waals surface area contributed by atoms with Crippen LogP contribution >= 0.6 is 0 Å². The Morgan fingerprint density at radius 3 is 2.79 bits per heavy atom. The molecule has 0 saturated carbocycles. The zero-order valence-electron chi connectivity index (χ0n) is 12.2. The van der Waals surface area contributed by atoms with Gasteiger partial charge in [-0.15, -0.1) is 0 Å². The Balaban J connectivity index is 2.26. The van der Waals surface area contributed by atoms with Crippen LogP contribution in [0.3, 0.4) is 0 Å². The molecule has 0 aliphatic heterocycles. The van der Waals surface area contributed by atoms with E-state index in [1.54, 1.807) is 0 Å². The van der Waals surface area contributed by atoms with Gasteiger partial charge >= 0.3 is 0 Å². The quantitative estimate of drug-likeness (QED) is 0.704. The molecule has 0 amide bonds. The minimum atomic E-state index is 0.500. The monoisotopic (exact) mass is 260 g/mol. The maximum absolute atomic E-state index is 5.44. The zero-order valence-corrected chi connectivity index (χ0v) is 12.2. The highest BCUT2D eigenvalue weighted by Gasteiger charge is 2.14. The largest absolute Gasteiger partial charge is 0.382 e. The second-order valence-electron chi connectivity index (χ2n) is 4.97. The first-order chi connectivity index (χ1) is 9.27. The summed E-state index contributed by atoms with van der Waals surface area (Å²) in [7, 11) is 0. The summed E-state index contributed by atoms with van der Waals surface area (Å²) in [5, 5.41) is 0. The molecule has 0 bridgehead atoms. The number of fused-ring (bicyclic) bond motifs is 1. The molecule has 1 aromatic carbocycles. The molecular weight excluding hydrogens is 236 g/mol. The van der Waals surface area contributed by atoms with Crippen molar-refractivity contribution in [1.29, 1.82) is 0 Å². The Kier molecular flexibility index (Phi) is 4.97. The van der Waals surface area contributed by atoms with E-state index in [1.807, 2.05) is 6.92 Å². The second kappa shape index (κ2) is 6.71. The first-order valence-corrected chi connectivity index (χ1v) is 7.30. The predicted octanol–water partition coefficient (Wildman–Crippen LogP) is 3.98. The minimum Gasteiger partial charge on any atom is -0.382 e. The fourth-order valence-electron chi connectivity index (χ4n) is 2.36. The number of imidazole rings is 1. The summed E-state index contributed by atoms with van der Waals surface area (Å²) in [5.41, 5.74) is 2.35. The van der Waals surface area contributed by atoms with Gasteiger partial charge in [0.2, 0.25) is 0 Å². The van der Waals surface area contributed by atoms with Gasteiger partial charge in [0.25, 0.3) is 0 Å². The van der Waals surface area contributed by atoms with Gasteiger partial charge in [-0.1, -0.05) is 26.0 Å². The Hall–Kier alpha value is -1.35. The number of rotatable bonds is 7. The lowest BCUT2D eigenvalue weighted by molar-refractivity contribution is 0.141. The van der Waals surface area contributed by atoms with Crippen molar-refractivity contribution in [1.82, 2.24) is 9.55 Å². The van der Waals surface area contributed by atoms with E-state index in [9.17, 15) is 0 Å². The molecule has 0 radical (unpaired) electrons. The summed E-state index contributed by atoms with van der Waals surface area (Å²) in [6.07, 6.45) is 2.16. The highest BCUT2D eigenvalue weighted by molar-refractivity contribution is 5.76. The predicted molar refractivity (Wildman–Crippen MR) is 79.5 cm³/mol. The first kappa shape index (κ1) is 14.1. The molecule has 104 valence electrons. The van der Waals surface area contributed by atoms with E-state index in [0.717, 1.165) is 38.1 Å². The lowest BCUT2D eigenvalue weighted by Gasteiger charge is -2.13. The topological polar surface area (TPSA) is 27.1 Å². The normalized spacial score (nSPS) is 13.0. The van der Waals surface area contributed by atoms with Gasteiger partial charge in [-0.05, 0) is 31.9 Å². The third-order valence-corrected chi connectivity index (χ3v) is 3.61. The van der Waals surface area contributed by atoms with Gasteiger partial charge in [0.1, 0.15) is 5.82 Å². The van der Waals surface area contributed by atoms with Gasteiger partial charge in [0, 0.05) is 25.7 Å². The van der Waals surface area contributed by atoms with Crippen LogP contribution in [-0.4, -0.2) is 22.8 Å². The van der Waals surface area contributed by atoms with Crippen molar-refractivity contribution in [3.63, 3.8) is 0 Å². The van der Waals surface area contributed by atoms with E-state index in [-0.39, 0.29) is 0 Å². The number of para-hydroxylation sites is 2. The van der Waals surface area contributed by atoms with Crippen molar-refractivity contribution in [3.8, 4) is 0 Å². The van der Waals surface area contributed by atoms with Crippen LogP contribution in [-0.2, 0) is 11.3 Å². The van der Waals surface area contributed by atoms with Crippen molar-refractivity contribution >= 4 is 11.0 Å².